The number of rotatable bonds is 4. The molecule has 1 aliphatic rings. The number of likely N-dealkylation sites (tertiary alicyclic amines) is 1. The maximum absolute atomic E-state index is 11.9. The number of carbonyl (C=O) groups is 1. The summed E-state index contributed by atoms with van der Waals surface area (Å²) in [6.07, 6.45) is 2.31. The lowest BCUT2D eigenvalue weighted by molar-refractivity contribution is -0.142. The number of ether oxygens (including phenoxy) is 1. The van der Waals surface area contributed by atoms with Gasteiger partial charge in [0.05, 0.1) is 5.75 Å². The Labute approximate surface area is 150 Å². The Morgan fingerprint density at radius 3 is 2.92 bits per heavy atom. The van der Waals surface area contributed by atoms with E-state index in [1.807, 2.05) is 24.3 Å². The van der Waals surface area contributed by atoms with Crippen molar-refractivity contribution in [2.75, 3.05) is 18.8 Å². The van der Waals surface area contributed by atoms with Crippen molar-refractivity contribution in [3.05, 3.63) is 30.2 Å². The number of esters is 1. The van der Waals surface area contributed by atoms with Gasteiger partial charge in [-0.1, -0.05) is 43.0 Å². The fourth-order valence-electron chi connectivity index (χ4n) is 2.57. The molecule has 2 heterocycles. The summed E-state index contributed by atoms with van der Waals surface area (Å²) in [5.74, 6) is 1.07. The number of para-hydroxylation sites is 2. The predicted octanol–water partition coefficient (Wildman–Crippen LogP) is 3.62. The lowest BCUT2D eigenvalue weighted by Crippen LogP contribution is -2.35. The minimum atomic E-state index is -0.310. The zero-order chi connectivity index (χ0) is 16.9. The van der Waals surface area contributed by atoms with Crippen LogP contribution in [0.5, 0.6) is 0 Å². The van der Waals surface area contributed by atoms with E-state index in [2.05, 4.69) is 16.8 Å². The first kappa shape index (κ1) is 17.2. The van der Waals surface area contributed by atoms with Crippen molar-refractivity contribution in [3.8, 4) is 0 Å². The lowest BCUT2D eigenvalue weighted by Gasteiger charge is -2.31. The van der Waals surface area contributed by atoms with Gasteiger partial charge in [-0.2, -0.15) is 0 Å². The Balaban J connectivity index is 1.41. The van der Waals surface area contributed by atoms with E-state index in [-0.39, 0.29) is 18.3 Å². The minimum absolute atomic E-state index is 0.0437. The van der Waals surface area contributed by atoms with E-state index in [9.17, 15) is 4.79 Å². The molecule has 128 valence electrons. The summed E-state index contributed by atoms with van der Waals surface area (Å²) in [6, 6.07) is 7.46. The first-order chi connectivity index (χ1) is 11.6. The van der Waals surface area contributed by atoms with Gasteiger partial charge in [0.15, 0.2) is 12.2 Å². The maximum Gasteiger partial charge on any atom is 0.316 e. The van der Waals surface area contributed by atoms with Crippen LogP contribution < -0.4 is 0 Å². The Morgan fingerprint density at radius 2 is 2.17 bits per heavy atom. The SMILES string of the molecule is CC1CCN(C(=S)SCC(=O)OCc2nc3ccccc3o2)CC1. The largest absolute Gasteiger partial charge is 0.455 e. The smallest absolute Gasteiger partial charge is 0.316 e. The van der Waals surface area contributed by atoms with E-state index in [0.29, 0.717) is 11.5 Å². The van der Waals surface area contributed by atoms with Gasteiger partial charge in [-0.15, -0.1) is 0 Å². The molecule has 0 unspecified atom stereocenters. The third-order valence-electron chi connectivity index (χ3n) is 4.05. The summed E-state index contributed by atoms with van der Waals surface area (Å²) >= 11 is 6.77. The number of thiocarbonyl (C=S) groups is 1. The normalized spacial score (nSPS) is 15.6. The second kappa shape index (κ2) is 7.98. The number of thioether (sulfide) groups is 1. The van der Waals surface area contributed by atoms with Crippen LogP contribution in [-0.2, 0) is 16.1 Å². The number of fused-ring (bicyclic) bond motifs is 1. The Bertz CT molecular complexity index is 690. The second-order valence-corrected chi connectivity index (χ2v) is 7.57. The Morgan fingerprint density at radius 1 is 1.42 bits per heavy atom. The van der Waals surface area contributed by atoms with Crippen molar-refractivity contribution in [3.63, 3.8) is 0 Å². The molecule has 0 aliphatic carbocycles. The highest BCUT2D eigenvalue weighted by Crippen LogP contribution is 2.20. The quantitative estimate of drug-likeness (QED) is 0.606. The molecule has 0 amide bonds. The van der Waals surface area contributed by atoms with Crippen LogP contribution in [0.1, 0.15) is 25.7 Å². The van der Waals surface area contributed by atoms with Gasteiger partial charge in [-0.3, -0.25) is 4.79 Å². The molecule has 1 aromatic carbocycles. The number of aromatic nitrogens is 1. The van der Waals surface area contributed by atoms with Crippen molar-refractivity contribution in [1.29, 1.82) is 0 Å². The van der Waals surface area contributed by atoms with E-state index in [1.165, 1.54) is 11.8 Å². The molecule has 3 rings (SSSR count). The maximum atomic E-state index is 11.9. The molecule has 1 fully saturated rings. The number of nitrogens with zero attached hydrogens (tertiary/aromatic N) is 2. The lowest BCUT2D eigenvalue weighted by atomic mass is 10.00. The molecule has 2 aromatic rings. The molecule has 5 nitrogen and oxygen atoms in total. The van der Waals surface area contributed by atoms with Gasteiger partial charge in [0.25, 0.3) is 0 Å². The summed E-state index contributed by atoms with van der Waals surface area (Å²) in [4.78, 5) is 18.3. The number of piperidine rings is 1. The van der Waals surface area contributed by atoms with E-state index >= 15 is 0 Å². The number of benzene rings is 1. The van der Waals surface area contributed by atoms with Crippen LogP contribution in [0.2, 0.25) is 0 Å². The summed E-state index contributed by atoms with van der Waals surface area (Å²) < 4.78 is 11.5. The van der Waals surface area contributed by atoms with E-state index in [1.54, 1.807) is 0 Å². The van der Waals surface area contributed by atoms with E-state index in [0.717, 1.165) is 41.7 Å². The highest BCUT2D eigenvalue weighted by molar-refractivity contribution is 8.23. The van der Waals surface area contributed by atoms with Crippen LogP contribution in [-0.4, -0.2) is 39.0 Å². The first-order valence-electron chi connectivity index (χ1n) is 8.03. The van der Waals surface area contributed by atoms with Crippen LogP contribution in [0.3, 0.4) is 0 Å². The van der Waals surface area contributed by atoms with Gasteiger partial charge in [0.2, 0.25) is 5.89 Å². The average molecular weight is 364 g/mol. The molecule has 1 aliphatic heterocycles. The van der Waals surface area contributed by atoms with Gasteiger partial charge in [0.1, 0.15) is 9.84 Å². The zero-order valence-electron chi connectivity index (χ0n) is 13.6. The number of hydrogen-bond acceptors (Lipinski definition) is 6. The second-order valence-electron chi connectivity index (χ2n) is 5.96. The van der Waals surface area contributed by atoms with Gasteiger partial charge >= 0.3 is 5.97 Å². The van der Waals surface area contributed by atoms with E-state index in [4.69, 9.17) is 21.4 Å². The van der Waals surface area contributed by atoms with Crippen molar-refractivity contribution < 1.29 is 13.9 Å². The molecule has 1 saturated heterocycles. The predicted molar refractivity (Wildman–Crippen MR) is 98.8 cm³/mol. The number of oxazole rings is 1. The molecule has 24 heavy (non-hydrogen) atoms. The standard InChI is InChI=1S/C17H20N2O3S2/c1-12-6-8-19(9-7-12)17(23)24-11-16(20)21-10-15-18-13-4-2-3-5-14(13)22-15/h2-5,12H,6-11H2,1H3. The third kappa shape index (κ3) is 4.48. The molecular formula is C17H20N2O3S2. The van der Waals surface area contributed by atoms with Crippen LogP contribution >= 0.6 is 24.0 Å². The van der Waals surface area contributed by atoms with Gasteiger partial charge in [-0.25, -0.2) is 4.98 Å². The third-order valence-corrected chi connectivity index (χ3v) is 5.55. The number of hydrogen-bond donors (Lipinski definition) is 0. The number of carbonyl (C=O) groups excluding carboxylic acids is 1. The molecule has 0 radical (unpaired) electrons. The topological polar surface area (TPSA) is 55.6 Å². The summed E-state index contributed by atoms with van der Waals surface area (Å²) in [6.45, 7) is 4.26. The molecule has 0 bridgehead atoms. The first-order valence-corrected chi connectivity index (χ1v) is 9.43. The molecule has 0 saturated carbocycles. The summed E-state index contributed by atoms with van der Waals surface area (Å²) in [5.41, 5.74) is 1.46. The Kier molecular flexibility index (Phi) is 5.73. The van der Waals surface area contributed by atoms with Crippen LogP contribution in [0.15, 0.2) is 28.7 Å². The highest BCUT2D eigenvalue weighted by atomic mass is 32.2. The monoisotopic (exact) mass is 364 g/mol. The molecule has 1 aromatic heterocycles. The summed E-state index contributed by atoms with van der Waals surface area (Å²) in [7, 11) is 0. The van der Waals surface area contributed by atoms with Crippen molar-refractivity contribution in [1.82, 2.24) is 9.88 Å². The fourth-order valence-corrected chi connectivity index (χ4v) is 3.62. The van der Waals surface area contributed by atoms with Gasteiger partial charge < -0.3 is 14.1 Å². The molecule has 0 atom stereocenters. The van der Waals surface area contributed by atoms with Crippen LogP contribution in [0.4, 0.5) is 0 Å². The van der Waals surface area contributed by atoms with Gasteiger partial charge in [0, 0.05) is 13.1 Å². The molecule has 0 spiro atoms. The highest BCUT2D eigenvalue weighted by Gasteiger charge is 2.19. The molecular weight excluding hydrogens is 344 g/mol. The molecule has 0 N–H and O–H groups in total. The van der Waals surface area contributed by atoms with Crippen LogP contribution in [0.25, 0.3) is 11.1 Å². The van der Waals surface area contributed by atoms with Crippen LogP contribution in [0, 0.1) is 5.92 Å². The fraction of sp³-hybridized carbons (Fsp3) is 0.471. The molecule has 7 heteroatoms. The van der Waals surface area contributed by atoms with Crippen molar-refractivity contribution in [2.24, 2.45) is 5.92 Å². The van der Waals surface area contributed by atoms with Crippen molar-refractivity contribution in [2.45, 2.75) is 26.4 Å². The average Bonchev–Trinajstić information content (AvgIpc) is 3.01. The Hall–Kier alpha value is -1.60. The van der Waals surface area contributed by atoms with Crippen molar-refractivity contribution >= 4 is 45.4 Å². The zero-order valence-corrected chi connectivity index (χ0v) is 15.2. The minimum Gasteiger partial charge on any atom is -0.455 e. The van der Waals surface area contributed by atoms with E-state index < -0.39 is 0 Å². The summed E-state index contributed by atoms with van der Waals surface area (Å²) in [5, 5.41) is 0. The van der Waals surface area contributed by atoms with Gasteiger partial charge in [-0.05, 0) is 30.9 Å².